The first-order valence-corrected chi connectivity index (χ1v) is 41.0. The van der Waals surface area contributed by atoms with E-state index < -0.39 is 0 Å². The first kappa shape index (κ1) is 81.7. The Morgan fingerprint density at radius 2 is 0.430 bits per heavy atom. The molecule has 114 heavy (non-hydrogen) atoms. The van der Waals surface area contributed by atoms with Crippen molar-refractivity contribution in [2.45, 2.75) is 230 Å². The Bertz CT molecular complexity index is 5950. The molecular weight excluding hydrogens is 1430 g/mol. The van der Waals surface area contributed by atoms with Crippen LogP contribution in [-0.2, 0) is 59.0 Å². The van der Waals surface area contributed by atoms with Crippen molar-refractivity contribution in [3.63, 3.8) is 0 Å². The molecule has 0 spiro atoms. The number of rotatable bonds is 8. The fourth-order valence-electron chi connectivity index (χ4n) is 15.5. The van der Waals surface area contributed by atoms with Crippen molar-refractivity contribution in [3.8, 4) is 66.8 Å². The Morgan fingerprint density at radius 1 is 0.237 bits per heavy atom. The van der Waals surface area contributed by atoms with Gasteiger partial charge in [-0.2, -0.15) is 0 Å². The normalized spacial score (nSPS) is 13.0. The van der Waals surface area contributed by atoms with Crippen molar-refractivity contribution < 1.29 is 15.6 Å². The van der Waals surface area contributed by atoms with Crippen molar-refractivity contribution in [1.82, 2.24) is 34.9 Å². The van der Waals surface area contributed by atoms with Gasteiger partial charge in [-0.3, -0.25) is 0 Å². The predicted octanol–water partition coefficient (Wildman–Crippen LogP) is 28.1. The molecule has 8 nitrogen and oxygen atoms in total. The summed E-state index contributed by atoms with van der Waals surface area (Å²) in [6.45, 7) is 60.7. The van der Waals surface area contributed by atoms with Crippen LogP contribution in [0.25, 0.3) is 115 Å². The van der Waals surface area contributed by atoms with Gasteiger partial charge in [0.1, 0.15) is 0 Å². The zero-order valence-electron chi connectivity index (χ0n) is 72.6. The second kappa shape index (κ2) is 30.2. The number of hydrogen-bond donors (Lipinski definition) is 0. The molecule has 0 fully saturated rings. The van der Waals surface area contributed by atoms with Gasteiger partial charge in [0.05, 0.1) is 11.6 Å². The molecule has 0 unspecified atom stereocenters. The third-order valence-electron chi connectivity index (χ3n) is 22.6. The number of hydrogen-bond acceptors (Lipinski definition) is 4. The Labute approximate surface area is 687 Å². The zero-order chi connectivity index (χ0) is 82.5. The predicted molar refractivity (Wildman–Crippen MR) is 480 cm³/mol. The Morgan fingerprint density at radius 3 is 0.658 bits per heavy atom. The monoisotopic (exact) mass is 1540 g/mol. The van der Waals surface area contributed by atoms with Gasteiger partial charge in [0, 0.05) is 22.4 Å². The van der Waals surface area contributed by atoms with Crippen molar-refractivity contribution in [2.75, 3.05) is 0 Å². The molecule has 0 saturated carbocycles. The van der Waals surface area contributed by atoms with Gasteiger partial charge in [0.15, 0.2) is 0 Å². The number of nitrogens with zero attached hydrogens (tertiary/aromatic N) is 8. The standard InChI is InChI=1S/C96H104N7.C9H11N.Mn/c1-89(2,3)65-41-25-57(26-42-65)73-75(59-29-45-67(46-30-59)91(7,8)9)83-97-81(73)82-74(58-27-43-66(44-28-58)90(4,5)6)76(60-31-47-68(48-32-60)92(10,11)12)84(98-82)100-86-78(62-35-51-70(52-36-62)94(16,17)18)80(64-39-55-72(56-40-64)96(22,23)24)88(102-86)103-87-79(63-37-53-71(54-38-63)95(19,20)21)77(85(99-83)101-87)61-33-49-69(50-34-61)93(13,14)15;1-6-4-7(2)9(10)8(3)5-6;/h25-56H,1-24H3;4-5H,1-3H3;/q-3;+1;. The fraction of sp³-hybridized carbons (Fsp3) is 0.333. The second-order valence-corrected chi connectivity index (χ2v) is 40.1. The first-order chi connectivity index (χ1) is 53.2. The molecule has 9 aromatic carbocycles. The molecule has 8 bridgehead atoms. The molecule has 584 valence electrons. The summed E-state index contributed by atoms with van der Waals surface area (Å²) in [7, 11) is 0. The SMILES string of the molecule is CC(C)(C)c1ccc(C2=C(c3ccc(C(C)(C)C)cc3)c3nc2nc2[n-]c(nc4[n-]c(c(-c5ccc(C(C)(C)C)cc5)c4-c4ccc(C(C)(C)C)cc4)c4[n-]c(n3)c(-c3ccc(C(C)(C)C)cc3)c4-c3ccc(C(C)(C)C)cc3)c(-c3ccc(C(C)(C)C)cc3)c2-c2ccc(C(C)(C)C)cc2)cc1.Cc1cc(C)c([N+]#[Mn])c(C)c1. The number of aryl methyl sites for hydroxylation is 3. The van der Waals surface area contributed by atoms with Gasteiger partial charge in [0.25, 0.3) is 0 Å². The van der Waals surface area contributed by atoms with Crippen LogP contribution in [0.1, 0.15) is 250 Å². The van der Waals surface area contributed by atoms with Crippen molar-refractivity contribution in [2.24, 2.45) is 0 Å². The van der Waals surface area contributed by atoms with Gasteiger partial charge in [-0.05, 0) is 188 Å². The maximum atomic E-state index is 6.07. The van der Waals surface area contributed by atoms with E-state index in [-0.39, 0.29) is 43.3 Å². The van der Waals surface area contributed by atoms with Crippen LogP contribution in [0.2, 0.25) is 0 Å². The molecule has 0 N–H and O–H groups in total. The number of benzene rings is 9. The zero-order valence-corrected chi connectivity index (χ0v) is 73.8. The van der Waals surface area contributed by atoms with Gasteiger partial charge in [-0.15, -0.1) is 0 Å². The summed E-state index contributed by atoms with van der Waals surface area (Å²) in [5.74, 6) is 0.963. The average molecular weight is 1540 g/mol. The van der Waals surface area contributed by atoms with Gasteiger partial charge < -0.3 is 29.9 Å². The molecule has 9 heteroatoms. The Hall–Kier alpha value is -10.3. The summed E-state index contributed by atoms with van der Waals surface area (Å²) in [4.78, 5) is 41.9. The first-order valence-electron chi connectivity index (χ1n) is 40.5. The molecule has 14 rings (SSSR count). The van der Waals surface area contributed by atoms with Gasteiger partial charge >= 0.3 is 74.7 Å². The van der Waals surface area contributed by atoms with E-state index in [9.17, 15) is 0 Å². The van der Waals surface area contributed by atoms with Crippen molar-refractivity contribution in [3.05, 3.63) is 294 Å². The molecular formula is C105H115MnN8-2. The topological polar surface area (TPSA) is 98.2 Å². The summed E-state index contributed by atoms with van der Waals surface area (Å²) in [5.41, 5.74) is 31.5. The number of aromatic nitrogens is 7. The van der Waals surface area contributed by atoms with Crippen LogP contribution in [0.15, 0.2) is 206 Å². The van der Waals surface area contributed by atoms with E-state index in [4.69, 9.17) is 34.9 Å². The molecule has 4 aromatic heterocycles. The molecule has 0 aliphatic carbocycles. The van der Waals surface area contributed by atoms with E-state index >= 15 is 0 Å². The minimum absolute atomic E-state index is 0.110. The summed E-state index contributed by atoms with van der Waals surface area (Å²) >= 11 is 3.11. The summed E-state index contributed by atoms with van der Waals surface area (Å²) < 4.78 is 4.02. The quantitative estimate of drug-likeness (QED) is 0.140. The molecule has 1 aliphatic heterocycles. The van der Waals surface area contributed by atoms with E-state index in [1.807, 2.05) is 0 Å². The van der Waals surface area contributed by atoms with Gasteiger partial charge in [0.2, 0.25) is 0 Å². The molecule has 0 atom stereocenters. The van der Waals surface area contributed by atoms with E-state index in [1.54, 1.807) is 0 Å². The van der Waals surface area contributed by atoms with E-state index in [0.29, 0.717) is 45.3 Å². The van der Waals surface area contributed by atoms with Crippen LogP contribution in [-0.4, -0.2) is 19.9 Å². The van der Waals surface area contributed by atoms with Crippen molar-refractivity contribution in [1.29, 1.82) is 0 Å². The summed E-state index contributed by atoms with van der Waals surface area (Å²) in [5, 5.41) is 0. The molecule has 0 radical (unpaired) electrons. The van der Waals surface area contributed by atoms with Crippen LogP contribution in [0.5, 0.6) is 0 Å². The van der Waals surface area contributed by atoms with E-state index in [0.717, 1.165) is 94.7 Å². The minimum atomic E-state index is -0.118. The van der Waals surface area contributed by atoms with Crippen LogP contribution in [0.3, 0.4) is 0 Å². The second-order valence-electron chi connectivity index (χ2n) is 39.9. The van der Waals surface area contributed by atoms with Crippen LogP contribution in [0, 0.1) is 20.8 Å². The van der Waals surface area contributed by atoms with Gasteiger partial charge in [-0.25, -0.2) is 4.98 Å². The van der Waals surface area contributed by atoms with E-state index in [1.165, 1.54) is 61.2 Å². The van der Waals surface area contributed by atoms with Gasteiger partial charge in [-0.1, -0.05) is 360 Å². The molecule has 5 heterocycles. The van der Waals surface area contributed by atoms with E-state index in [2.05, 4.69) is 413 Å². The molecule has 0 saturated heterocycles. The van der Waals surface area contributed by atoms with Crippen LogP contribution in [0.4, 0.5) is 5.69 Å². The molecule has 13 aromatic rings. The third kappa shape index (κ3) is 16.8. The average Bonchev–Trinajstić information content (AvgIpc) is 1.56. The fourth-order valence-corrected chi connectivity index (χ4v) is 15.9. The Kier molecular flexibility index (Phi) is 21.6. The Balaban J connectivity index is 0.000000951. The van der Waals surface area contributed by atoms with Crippen LogP contribution < -0.4 is 15.0 Å². The summed E-state index contributed by atoms with van der Waals surface area (Å²) in [6, 6.07) is 76.6. The third-order valence-corrected chi connectivity index (χ3v) is 22.8. The molecule has 0 amide bonds. The molecule has 1 aliphatic rings. The van der Waals surface area contributed by atoms with Crippen molar-refractivity contribution >= 4 is 50.5 Å². The number of fused-ring (bicyclic) bond motifs is 9. The summed E-state index contributed by atoms with van der Waals surface area (Å²) in [6.07, 6.45) is 0. The maximum absolute atomic E-state index is 6.07. The van der Waals surface area contributed by atoms with Crippen LogP contribution >= 0.6 is 0 Å².